The van der Waals surface area contributed by atoms with E-state index in [1.807, 2.05) is 25.1 Å². The average molecular weight is 397 g/mol. The minimum Gasteiger partial charge on any atom is -0.493 e. The molecule has 1 atom stereocenters. The summed E-state index contributed by atoms with van der Waals surface area (Å²) >= 11 is 0. The van der Waals surface area contributed by atoms with E-state index < -0.39 is 0 Å². The standard InChI is InChI=1S/C23H32N4O2/c1-4-24-23(26-19-11-12-21(29-5-2)22(15-19)28-3)25-16-18-13-14-27(17-18)20-9-7-6-8-10-20/h6-12,15,18H,4-5,13-14,16-17H2,1-3H3,(H2,24,25,26). The normalized spacial score (nSPS) is 16.6. The van der Waals surface area contributed by atoms with Crippen molar-refractivity contribution in [1.29, 1.82) is 0 Å². The van der Waals surface area contributed by atoms with Gasteiger partial charge in [0, 0.05) is 43.6 Å². The lowest BCUT2D eigenvalue weighted by atomic mass is 10.1. The molecule has 1 heterocycles. The minimum atomic E-state index is 0.556. The first-order valence-corrected chi connectivity index (χ1v) is 10.4. The minimum absolute atomic E-state index is 0.556. The molecule has 2 aromatic carbocycles. The SMILES string of the molecule is CCNC(=NCC1CCN(c2ccccc2)C1)Nc1ccc(OCC)c(OC)c1. The second-order valence-electron chi connectivity index (χ2n) is 7.08. The molecule has 29 heavy (non-hydrogen) atoms. The van der Waals surface area contributed by atoms with Gasteiger partial charge in [0.05, 0.1) is 13.7 Å². The van der Waals surface area contributed by atoms with Crippen LogP contribution in [0.2, 0.25) is 0 Å². The van der Waals surface area contributed by atoms with Crippen LogP contribution in [0, 0.1) is 5.92 Å². The number of hydrogen-bond donors (Lipinski definition) is 2. The van der Waals surface area contributed by atoms with Gasteiger partial charge in [-0.1, -0.05) is 18.2 Å². The van der Waals surface area contributed by atoms with Crippen molar-refractivity contribution in [3.8, 4) is 11.5 Å². The molecule has 3 rings (SSSR count). The molecular formula is C23H32N4O2. The smallest absolute Gasteiger partial charge is 0.195 e. The summed E-state index contributed by atoms with van der Waals surface area (Å²) < 4.78 is 11.0. The first kappa shape index (κ1) is 20.8. The van der Waals surface area contributed by atoms with Gasteiger partial charge in [-0.25, -0.2) is 0 Å². The lowest BCUT2D eigenvalue weighted by Gasteiger charge is -2.18. The van der Waals surface area contributed by atoms with E-state index in [-0.39, 0.29) is 0 Å². The van der Waals surface area contributed by atoms with Gasteiger partial charge in [0.25, 0.3) is 0 Å². The largest absolute Gasteiger partial charge is 0.493 e. The van der Waals surface area contributed by atoms with Crippen LogP contribution in [-0.2, 0) is 0 Å². The molecule has 1 fully saturated rings. The number of aliphatic imine (C=N–C) groups is 1. The molecule has 0 aliphatic carbocycles. The molecule has 0 bridgehead atoms. The highest BCUT2D eigenvalue weighted by molar-refractivity contribution is 5.93. The second kappa shape index (κ2) is 10.6. The summed E-state index contributed by atoms with van der Waals surface area (Å²) in [5.41, 5.74) is 2.22. The Morgan fingerprint density at radius 1 is 1.14 bits per heavy atom. The molecule has 0 aromatic heterocycles. The van der Waals surface area contributed by atoms with Crippen molar-refractivity contribution < 1.29 is 9.47 Å². The van der Waals surface area contributed by atoms with Crippen LogP contribution in [-0.4, -0.2) is 45.9 Å². The lowest BCUT2D eigenvalue weighted by molar-refractivity contribution is 0.311. The fraction of sp³-hybridized carbons (Fsp3) is 0.435. The van der Waals surface area contributed by atoms with Crippen molar-refractivity contribution in [2.24, 2.45) is 10.9 Å². The molecule has 1 saturated heterocycles. The maximum atomic E-state index is 5.59. The van der Waals surface area contributed by atoms with E-state index in [1.54, 1.807) is 7.11 Å². The fourth-order valence-corrected chi connectivity index (χ4v) is 3.54. The van der Waals surface area contributed by atoms with Gasteiger partial charge < -0.3 is 25.0 Å². The summed E-state index contributed by atoms with van der Waals surface area (Å²) in [6.07, 6.45) is 1.16. The number of anilines is 2. The molecule has 0 saturated carbocycles. The summed E-state index contributed by atoms with van der Waals surface area (Å²) in [5.74, 6) is 2.80. The number of rotatable bonds is 8. The number of methoxy groups -OCH3 is 1. The molecule has 1 unspecified atom stereocenters. The van der Waals surface area contributed by atoms with Gasteiger partial charge in [-0.15, -0.1) is 0 Å². The van der Waals surface area contributed by atoms with E-state index in [0.717, 1.165) is 50.0 Å². The zero-order valence-electron chi connectivity index (χ0n) is 17.6. The number of nitrogens with zero attached hydrogens (tertiary/aromatic N) is 2. The lowest BCUT2D eigenvalue weighted by Crippen LogP contribution is -2.31. The maximum Gasteiger partial charge on any atom is 0.195 e. The highest BCUT2D eigenvalue weighted by atomic mass is 16.5. The van der Waals surface area contributed by atoms with Crippen molar-refractivity contribution in [2.45, 2.75) is 20.3 Å². The summed E-state index contributed by atoms with van der Waals surface area (Å²) in [4.78, 5) is 7.27. The van der Waals surface area contributed by atoms with Gasteiger partial charge in [0.2, 0.25) is 0 Å². The van der Waals surface area contributed by atoms with Gasteiger partial charge in [-0.2, -0.15) is 0 Å². The van der Waals surface area contributed by atoms with Gasteiger partial charge in [-0.3, -0.25) is 4.99 Å². The Bertz CT molecular complexity index is 795. The Morgan fingerprint density at radius 2 is 1.97 bits per heavy atom. The number of nitrogens with one attached hydrogen (secondary N) is 2. The highest BCUT2D eigenvalue weighted by Gasteiger charge is 2.22. The van der Waals surface area contributed by atoms with Gasteiger partial charge in [0.1, 0.15) is 0 Å². The van der Waals surface area contributed by atoms with Crippen LogP contribution in [0.5, 0.6) is 11.5 Å². The Kier molecular flexibility index (Phi) is 7.61. The molecule has 0 spiro atoms. The van der Waals surface area contributed by atoms with E-state index in [2.05, 4.69) is 52.8 Å². The van der Waals surface area contributed by atoms with Crippen molar-refractivity contribution >= 4 is 17.3 Å². The number of guanidine groups is 1. The molecule has 6 heteroatoms. The van der Waals surface area contributed by atoms with Crippen LogP contribution in [0.15, 0.2) is 53.5 Å². The monoisotopic (exact) mass is 396 g/mol. The number of benzene rings is 2. The number of hydrogen-bond acceptors (Lipinski definition) is 4. The van der Waals surface area contributed by atoms with Crippen molar-refractivity contribution in [3.63, 3.8) is 0 Å². The van der Waals surface area contributed by atoms with Crippen LogP contribution >= 0.6 is 0 Å². The first-order valence-electron chi connectivity index (χ1n) is 10.4. The van der Waals surface area contributed by atoms with Crippen molar-refractivity contribution in [1.82, 2.24) is 5.32 Å². The number of ether oxygens (including phenoxy) is 2. The molecule has 0 radical (unpaired) electrons. The zero-order chi connectivity index (χ0) is 20.5. The molecule has 156 valence electrons. The van der Waals surface area contributed by atoms with Crippen molar-refractivity contribution in [3.05, 3.63) is 48.5 Å². The van der Waals surface area contributed by atoms with Gasteiger partial charge in [-0.05, 0) is 50.5 Å². The molecule has 6 nitrogen and oxygen atoms in total. The summed E-state index contributed by atoms with van der Waals surface area (Å²) in [6, 6.07) is 16.4. The molecular weight excluding hydrogens is 364 g/mol. The summed E-state index contributed by atoms with van der Waals surface area (Å²) in [7, 11) is 1.65. The fourth-order valence-electron chi connectivity index (χ4n) is 3.54. The predicted molar refractivity (Wildman–Crippen MR) is 121 cm³/mol. The Balaban J connectivity index is 1.62. The molecule has 2 aromatic rings. The van der Waals surface area contributed by atoms with Gasteiger partial charge >= 0.3 is 0 Å². The topological polar surface area (TPSA) is 58.1 Å². The summed E-state index contributed by atoms with van der Waals surface area (Å²) in [6.45, 7) is 8.38. The van der Waals surface area contributed by atoms with Crippen LogP contribution < -0.4 is 25.0 Å². The molecule has 0 amide bonds. The maximum absolute atomic E-state index is 5.59. The third-order valence-electron chi connectivity index (χ3n) is 4.99. The average Bonchev–Trinajstić information content (AvgIpc) is 3.23. The van der Waals surface area contributed by atoms with Crippen LogP contribution in [0.4, 0.5) is 11.4 Å². The third-order valence-corrected chi connectivity index (χ3v) is 4.99. The molecule has 2 N–H and O–H groups in total. The molecule has 1 aliphatic heterocycles. The van der Waals surface area contributed by atoms with E-state index in [0.29, 0.717) is 18.3 Å². The van der Waals surface area contributed by atoms with E-state index in [4.69, 9.17) is 14.5 Å². The van der Waals surface area contributed by atoms with E-state index >= 15 is 0 Å². The quantitative estimate of drug-likeness (QED) is 0.522. The van der Waals surface area contributed by atoms with Gasteiger partial charge in [0.15, 0.2) is 17.5 Å². The van der Waals surface area contributed by atoms with E-state index in [9.17, 15) is 0 Å². The van der Waals surface area contributed by atoms with Crippen molar-refractivity contribution in [2.75, 3.05) is 50.1 Å². The van der Waals surface area contributed by atoms with E-state index in [1.165, 1.54) is 5.69 Å². The Hall–Kier alpha value is -2.89. The second-order valence-corrected chi connectivity index (χ2v) is 7.08. The zero-order valence-corrected chi connectivity index (χ0v) is 17.6. The Labute approximate surface area is 173 Å². The van der Waals surface area contributed by atoms with Crippen LogP contribution in [0.1, 0.15) is 20.3 Å². The first-order chi connectivity index (χ1) is 14.2. The predicted octanol–water partition coefficient (Wildman–Crippen LogP) is 4.00. The molecule has 1 aliphatic rings. The highest BCUT2D eigenvalue weighted by Crippen LogP contribution is 2.30. The third kappa shape index (κ3) is 5.79. The summed E-state index contributed by atoms with van der Waals surface area (Å²) in [5, 5.41) is 6.71. The van der Waals surface area contributed by atoms with Crippen LogP contribution in [0.25, 0.3) is 0 Å². The van der Waals surface area contributed by atoms with Crippen LogP contribution in [0.3, 0.4) is 0 Å². The Morgan fingerprint density at radius 3 is 2.69 bits per heavy atom. The number of para-hydroxylation sites is 1.